The molecule has 0 N–H and O–H groups in total. The predicted octanol–water partition coefficient (Wildman–Crippen LogP) is 2.96. The summed E-state index contributed by atoms with van der Waals surface area (Å²) in [4.78, 5) is 23.7. The standard InChI is InChI=1S/C22H25N5O3/c1-4-13-30-17-6-5-16(14-18(17)29-3)22(28)27-11-7-15(8-12-27)19-20-21(26(2)25-19)24-10-9-23-20/h4-6,9-10,14-15H,1,7-8,11-13H2,2-3H3. The zero-order chi connectivity index (χ0) is 21.1. The van der Waals surface area contributed by atoms with Gasteiger partial charge in [0.1, 0.15) is 12.1 Å². The number of hydrogen-bond donors (Lipinski definition) is 0. The zero-order valence-electron chi connectivity index (χ0n) is 17.2. The highest BCUT2D eigenvalue weighted by Crippen LogP contribution is 2.32. The van der Waals surface area contributed by atoms with Crippen molar-refractivity contribution >= 4 is 17.1 Å². The van der Waals surface area contributed by atoms with E-state index in [0.717, 1.165) is 29.7 Å². The van der Waals surface area contributed by atoms with E-state index >= 15 is 0 Å². The molecule has 156 valence electrons. The third-order valence-electron chi connectivity index (χ3n) is 5.42. The van der Waals surface area contributed by atoms with Gasteiger partial charge in [0.25, 0.3) is 5.91 Å². The van der Waals surface area contributed by atoms with Gasteiger partial charge in [-0.25, -0.2) is 14.6 Å². The van der Waals surface area contributed by atoms with E-state index < -0.39 is 0 Å². The zero-order valence-corrected chi connectivity index (χ0v) is 17.2. The molecule has 1 fully saturated rings. The van der Waals surface area contributed by atoms with Gasteiger partial charge in [-0.2, -0.15) is 5.10 Å². The van der Waals surface area contributed by atoms with Gasteiger partial charge in [-0.05, 0) is 31.0 Å². The van der Waals surface area contributed by atoms with Gasteiger partial charge in [-0.1, -0.05) is 12.7 Å². The minimum absolute atomic E-state index is 0.00677. The molecule has 0 aliphatic carbocycles. The summed E-state index contributed by atoms with van der Waals surface area (Å²) in [6.45, 7) is 5.35. The second-order valence-corrected chi connectivity index (χ2v) is 7.27. The van der Waals surface area contributed by atoms with Crippen molar-refractivity contribution in [2.45, 2.75) is 18.8 Å². The van der Waals surface area contributed by atoms with Crippen LogP contribution in [0.5, 0.6) is 11.5 Å². The minimum Gasteiger partial charge on any atom is -0.493 e. The fourth-order valence-corrected chi connectivity index (χ4v) is 3.89. The summed E-state index contributed by atoms with van der Waals surface area (Å²) in [5.41, 5.74) is 3.20. The van der Waals surface area contributed by atoms with Crippen LogP contribution < -0.4 is 9.47 Å². The van der Waals surface area contributed by atoms with Gasteiger partial charge in [-0.3, -0.25) is 4.79 Å². The Balaban J connectivity index is 1.46. The number of hydrogen-bond acceptors (Lipinski definition) is 6. The molecule has 3 aromatic rings. The van der Waals surface area contributed by atoms with Gasteiger partial charge in [0.15, 0.2) is 17.1 Å². The molecule has 0 spiro atoms. The van der Waals surface area contributed by atoms with Crippen LogP contribution in [0, 0.1) is 0 Å². The number of carbonyl (C=O) groups excluding carboxylic acids is 1. The monoisotopic (exact) mass is 407 g/mol. The first-order valence-electron chi connectivity index (χ1n) is 9.97. The SMILES string of the molecule is C=CCOc1ccc(C(=O)N2CCC(c3nn(C)c4nccnc34)CC2)cc1OC. The third-order valence-corrected chi connectivity index (χ3v) is 5.42. The van der Waals surface area contributed by atoms with Crippen molar-refractivity contribution in [3.8, 4) is 11.5 Å². The van der Waals surface area contributed by atoms with Gasteiger partial charge < -0.3 is 14.4 Å². The molecule has 1 aromatic carbocycles. The molecule has 0 radical (unpaired) electrons. The lowest BCUT2D eigenvalue weighted by Gasteiger charge is -2.31. The molecule has 30 heavy (non-hydrogen) atoms. The Bertz CT molecular complexity index is 1070. The van der Waals surface area contributed by atoms with Crippen molar-refractivity contribution in [3.63, 3.8) is 0 Å². The predicted molar refractivity (Wildman–Crippen MR) is 113 cm³/mol. The summed E-state index contributed by atoms with van der Waals surface area (Å²) < 4.78 is 12.7. The van der Waals surface area contributed by atoms with E-state index in [2.05, 4.69) is 21.6 Å². The van der Waals surface area contributed by atoms with Crippen molar-refractivity contribution in [2.24, 2.45) is 7.05 Å². The lowest BCUT2D eigenvalue weighted by molar-refractivity contribution is 0.0712. The van der Waals surface area contributed by atoms with Crippen LogP contribution in [0.4, 0.5) is 0 Å². The summed E-state index contributed by atoms with van der Waals surface area (Å²) in [5.74, 6) is 1.39. The second-order valence-electron chi connectivity index (χ2n) is 7.27. The Morgan fingerprint density at radius 1 is 1.23 bits per heavy atom. The lowest BCUT2D eigenvalue weighted by atomic mass is 9.92. The van der Waals surface area contributed by atoms with Gasteiger partial charge in [0.2, 0.25) is 0 Å². The smallest absolute Gasteiger partial charge is 0.253 e. The van der Waals surface area contributed by atoms with Crippen LogP contribution in [-0.4, -0.2) is 57.4 Å². The number of methoxy groups -OCH3 is 1. The van der Waals surface area contributed by atoms with Crippen molar-refractivity contribution in [2.75, 3.05) is 26.8 Å². The van der Waals surface area contributed by atoms with Crippen LogP contribution in [0.3, 0.4) is 0 Å². The normalized spacial score (nSPS) is 14.7. The molecular weight excluding hydrogens is 382 g/mol. The number of piperidine rings is 1. The molecule has 3 heterocycles. The van der Waals surface area contributed by atoms with Crippen LogP contribution >= 0.6 is 0 Å². The Morgan fingerprint density at radius 3 is 2.73 bits per heavy atom. The number of fused-ring (bicyclic) bond motifs is 1. The van der Waals surface area contributed by atoms with Crippen molar-refractivity contribution < 1.29 is 14.3 Å². The molecule has 0 atom stereocenters. The van der Waals surface area contributed by atoms with Gasteiger partial charge in [0.05, 0.1) is 12.8 Å². The molecule has 2 aromatic heterocycles. The maximum atomic E-state index is 13.0. The van der Waals surface area contributed by atoms with Gasteiger partial charge >= 0.3 is 0 Å². The fraction of sp³-hybridized carbons (Fsp3) is 0.364. The molecule has 1 saturated heterocycles. The number of amides is 1. The first-order valence-corrected chi connectivity index (χ1v) is 9.97. The number of nitrogens with zero attached hydrogens (tertiary/aromatic N) is 5. The Kier molecular flexibility index (Phi) is 5.65. The quantitative estimate of drug-likeness (QED) is 0.585. The number of likely N-dealkylation sites (tertiary alicyclic amines) is 1. The Labute approximate surface area is 175 Å². The Hall–Kier alpha value is -3.42. The second kappa shape index (κ2) is 8.52. The number of aromatic nitrogens is 4. The average Bonchev–Trinajstić information content (AvgIpc) is 3.14. The molecule has 1 aliphatic rings. The lowest BCUT2D eigenvalue weighted by Crippen LogP contribution is -2.38. The van der Waals surface area contributed by atoms with Crippen LogP contribution in [0.15, 0.2) is 43.2 Å². The maximum absolute atomic E-state index is 13.0. The van der Waals surface area contributed by atoms with Crippen LogP contribution in [0.25, 0.3) is 11.2 Å². The Morgan fingerprint density at radius 2 is 2.00 bits per heavy atom. The number of carbonyl (C=O) groups is 1. The topological polar surface area (TPSA) is 82.4 Å². The number of ether oxygens (including phenoxy) is 2. The highest BCUT2D eigenvalue weighted by molar-refractivity contribution is 5.95. The molecule has 8 nitrogen and oxygen atoms in total. The average molecular weight is 407 g/mol. The first kappa shape index (κ1) is 19.9. The number of rotatable bonds is 6. The number of aryl methyl sites for hydroxylation is 1. The molecule has 1 aliphatic heterocycles. The summed E-state index contributed by atoms with van der Waals surface area (Å²) in [6, 6.07) is 5.27. The molecule has 0 bridgehead atoms. The summed E-state index contributed by atoms with van der Waals surface area (Å²) in [5, 5.41) is 4.65. The van der Waals surface area contributed by atoms with Crippen molar-refractivity contribution in [1.29, 1.82) is 0 Å². The van der Waals surface area contributed by atoms with E-state index in [0.29, 0.717) is 36.8 Å². The van der Waals surface area contributed by atoms with E-state index in [1.165, 1.54) is 0 Å². The van der Waals surface area contributed by atoms with Gasteiger partial charge in [-0.15, -0.1) is 0 Å². The molecule has 0 saturated carbocycles. The summed E-state index contributed by atoms with van der Waals surface area (Å²) in [6.07, 6.45) is 6.72. The molecule has 8 heteroatoms. The maximum Gasteiger partial charge on any atom is 0.253 e. The highest BCUT2D eigenvalue weighted by atomic mass is 16.5. The van der Waals surface area contributed by atoms with Crippen molar-refractivity contribution in [1.82, 2.24) is 24.6 Å². The summed E-state index contributed by atoms with van der Waals surface area (Å²) in [7, 11) is 3.45. The minimum atomic E-state index is -0.00677. The van der Waals surface area contributed by atoms with Crippen LogP contribution in [0.2, 0.25) is 0 Å². The third kappa shape index (κ3) is 3.72. The van der Waals surface area contributed by atoms with E-state index in [9.17, 15) is 4.79 Å². The van der Waals surface area contributed by atoms with Crippen molar-refractivity contribution in [3.05, 3.63) is 54.5 Å². The first-order chi connectivity index (χ1) is 14.6. The van der Waals surface area contributed by atoms with E-state index in [1.807, 2.05) is 11.9 Å². The van der Waals surface area contributed by atoms with E-state index in [1.54, 1.807) is 48.5 Å². The molecule has 0 unspecified atom stereocenters. The van der Waals surface area contributed by atoms with E-state index in [-0.39, 0.29) is 11.8 Å². The van der Waals surface area contributed by atoms with Crippen LogP contribution in [-0.2, 0) is 7.05 Å². The molecule has 1 amide bonds. The van der Waals surface area contributed by atoms with Gasteiger partial charge in [0, 0.05) is 44.0 Å². The molecule has 4 rings (SSSR count). The van der Waals surface area contributed by atoms with Crippen LogP contribution in [0.1, 0.15) is 34.8 Å². The van der Waals surface area contributed by atoms with E-state index in [4.69, 9.17) is 9.47 Å². The fourth-order valence-electron chi connectivity index (χ4n) is 3.89. The highest BCUT2D eigenvalue weighted by Gasteiger charge is 2.28. The summed E-state index contributed by atoms with van der Waals surface area (Å²) >= 11 is 0. The number of benzene rings is 1. The molecular formula is C22H25N5O3. The largest absolute Gasteiger partial charge is 0.493 e.